The predicted octanol–water partition coefficient (Wildman–Crippen LogP) is 2.16. The average molecular weight is 248 g/mol. The van der Waals surface area contributed by atoms with Gasteiger partial charge >= 0.3 is 0 Å². The molecule has 100 valence electrons. The van der Waals surface area contributed by atoms with Crippen LogP contribution < -0.4 is 5.73 Å². The predicted molar refractivity (Wildman–Crippen MR) is 75.5 cm³/mol. The Morgan fingerprint density at radius 3 is 2.28 bits per heavy atom. The van der Waals surface area contributed by atoms with Crippen LogP contribution in [-0.2, 0) is 11.2 Å². The van der Waals surface area contributed by atoms with Crippen LogP contribution >= 0.6 is 0 Å². The number of rotatable bonds is 5. The van der Waals surface area contributed by atoms with E-state index in [2.05, 4.69) is 38.1 Å². The van der Waals surface area contributed by atoms with E-state index < -0.39 is 6.04 Å². The maximum absolute atomic E-state index is 11.7. The van der Waals surface area contributed by atoms with Gasteiger partial charge in [0.1, 0.15) is 0 Å². The van der Waals surface area contributed by atoms with Gasteiger partial charge in [-0.3, -0.25) is 4.79 Å². The van der Waals surface area contributed by atoms with Crippen LogP contribution in [0.25, 0.3) is 0 Å². The minimum Gasteiger partial charge on any atom is -0.347 e. The number of hydrogen-bond acceptors (Lipinski definition) is 2. The molecule has 1 aromatic carbocycles. The second-order valence-electron chi connectivity index (χ2n) is 5.09. The van der Waals surface area contributed by atoms with Crippen molar-refractivity contribution >= 4 is 5.91 Å². The molecule has 2 N–H and O–H groups in total. The molecule has 0 radical (unpaired) electrons. The normalized spacial score (nSPS) is 14.1. The van der Waals surface area contributed by atoms with Gasteiger partial charge in [0.05, 0.1) is 6.04 Å². The zero-order valence-corrected chi connectivity index (χ0v) is 11.8. The molecule has 3 nitrogen and oxygen atoms in total. The Morgan fingerprint density at radius 1 is 1.28 bits per heavy atom. The average Bonchev–Trinajstić information content (AvgIpc) is 2.37. The van der Waals surface area contributed by atoms with E-state index in [4.69, 9.17) is 5.73 Å². The zero-order chi connectivity index (χ0) is 13.7. The van der Waals surface area contributed by atoms with Crippen LogP contribution in [0.2, 0.25) is 0 Å². The Kier molecular flexibility index (Phi) is 5.35. The summed E-state index contributed by atoms with van der Waals surface area (Å²) in [6.45, 7) is 4.40. The minimum absolute atomic E-state index is 0.0268. The van der Waals surface area contributed by atoms with E-state index in [9.17, 15) is 4.79 Å². The monoisotopic (exact) mass is 248 g/mol. The van der Waals surface area contributed by atoms with Crippen molar-refractivity contribution in [3.05, 3.63) is 35.4 Å². The molecular weight excluding hydrogens is 224 g/mol. The molecule has 0 saturated heterocycles. The van der Waals surface area contributed by atoms with Gasteiger partial charge in [-0.15, -0.1) is 0 Å². The first-order valence-electron chi connectivity index (χ1n) is 6.51. The molecule has 3 heteroatoms. The van der Waals surface area contributed by atoms with Crippen LogP contribution in [0.1, 0.15) is 37.3 Å². The van der Waals surface area contributed by atoms with Crippen LogP contribution in [0.4, 0.5) is 0 Å². The molecule has 0 aromatic heterocycles. The van der Waals surface area contributed by atoms with Crippen LogP contribution in [-0.4, -0.2) is 30.9 Å². The van der Waals surface area contributed by atoms with Gasteiger partial charge in [-0.05, 0) is 29.9 Å². The Balaban J connectivity index is 2.66. The largest absolute Gasteiger partial charge is 0.347 e. The van der Waals surface area contributed by atoms with Gasteiger partial charge in [0.15, 0.2) is 0 Å². The van der Waals surface area contributed by atoms with Gasteiger partial charge in [0, 0.05) is 14.1 Å². The van der Waals surface area contributed by atoms with Gasteiger partial charge in [0.2, 0.25) is 5.91 Å². The molecule has 0 aliphatic rings. The molecule has 0 fully saturated rings. The molecule has 0 saturated carbocycles. The Morgan fingerprint density at radius 2 is 1.83 bits per heavy atom. The van der Waals surface area contributed by atoms with Crippen molar-refractivity contribution in [2.24, 2.45) is 5.73 Å². The number of benzene rings is 1. The summed E-state index contributed by atoms with van der Waals surface area (Å²) in [5.41, 5.74) is 8.34. The number of carbonyl (C=O) groups excluding carboxylic acids is 1. The summed E-state index contributed by atoms with van der Waals surface area (Å²) in [7, 11) is 3.46. The van der Waals surface area contributed by atoms with E-state index in [1.807, 2.05) is 0 Å². The van der Waals surface area contributed by atoms with Gasteiger partial charge in [-0.1, -0.05) is 38.1 Å². The second kappa shape index (κ2) is 6.55. The molecule has 1 amide bonds. The van der Waals surface area contributed by atoms with E-state index in [0.717, 1.165) is 12.0 Å². The Bertz CT molecular complexity index is 384. The van der Waals surface area contributed by atoms with Crippen molar-refractivity contribution < 1.29 is 4.79 Å². The third kappa shape index (κ3) is 3.84. The molecule has 0 aliphatic heterocycles. The number of nitrogens with two attached hydrogens (primary N) is 1. The summed E-state index contributed by atoms with van der Waals surface area (Å²) in [6, 6.07) is 7.97. The van der Waals surface area contributed by atoms with Crippen molar-refractivity contribution in [1.82, 2.24) is 4.90 Å². The first-order chi connectivity index (χ1) is 8.45. The van der Waals surface area contributed by atoms with Crippen LogP contribution in [0, 0.1) is 0 Å². The SMILES string of the molecule is CCC(C)c1ccc(CC(N)C(=O)N(C)C)cc1. The highest BCUT2D eigenvalue weighted by atomic mass is 16.2. The van der Waals surface area contributed by atoms with Crippen LogP contribution in [0.15, 0.2) is 24.3 Å². The van der Waals surface area contributed by atoms with Gasteiger partial charge in [0.25, 0.3) is 0 Å². The molecule has 0 heterocycles. The molecule has 0 aliphatic carbocycles. The molecule has 1 aromatic rings. The van der Waals surface area contributed by atoms with E-state index >= 15 is 0 Å². The van der Waals surface area contributed by atoms with E-state index in [1.165, 1.54) is 10.5 Å². The first kappa shape index (κ1) is 14.7. The summed E-state index contributed by atoms with van der Waals surface area (Å²) < 4.78 is 0. The van der Waals surface area contributed by atoms with Crippen LogP contribution in [0.3, 0.4) is 0 Å². The third-order valence-electron chi connectivity index (χ3n) is 3.37. The van der Waals surface area contributed by atoms with Gasteiger partial charge < -0.3 is 10.6 Å². The fraction of sp³-hybridized carbons (Fsp3) is 0.533. The smallest absolute Gasteiger partial charge is 0.239 e. The van der Waals surface area contributed by atoms with Crippen molar-refractivity contribution in [1.29, 1.82) is 0 Å². The molecule has 0 bridgehead atoms. The van der Waals surface area contributed by atoms with E-state index in [-0.39, 0.29) is 5.91 Å². The quantitative estimate of drug-likeness (QED) is 0.868. The maximum Gasteiger partial charge on any atom is 0.239 e. The lowest BCUT2D eigenvalue weighted by molar-refractivity contribution is -0.130. The third-order valence-corrected chi connectivity index (χ3v) is 3.37. The minimum atomic E-state index is -0.450. The van der Waals surface area contributed by atoms with Gasteiger partial charge in [-0.25, -0.2) is 0 Å². The van der Waals surface area contributed by atoms with E-state index in [1.54, 1.807) is 14.1 Å². The topological polar surface area (TPSA) is 46.3 Å². The number of likely N-dealkylation sites (N-methyl/N-ethyl adjacent to an activating group) is 1. The van der Waals surface area contributed by atoms with Crippen molar-refractivity contribution in [3.8, 4) is 0 Å². The van der Waals surface area contributed by atoms with Crippen LogP contribution in [0.5, 0.6) is 0 Å². The second-order valence-corrected chi connectivity index (χ2v) is 5.09. The highest BCUT2D eigenvalue weighted by Crippen LogP contribution is 2.19. The molecule has 1 rings (SSSR count). The molecule has 18 heavy (non-hydrogen) atoms. The summed E-state index contributed by atoms with van der Waals surface area (Å²) in [6.07, 6.45) is 1.73. The highest BCUT2D eigenvalue weighted by molar-refractivity contribution is 5.81. The Hall–Kier alpha value is -1.35. The Labute approximate surface area is 110 Å². The first-order valence-corrected chi connectivity index (χ1v) is 6.51. The lowest BCUT2D eigenvalue weighted by atomic mass is 9.96. The zero-order valence-electron chi connectivity index (χ0n) is 11.8. The molecule has 0 spiro atoms. The van der Waals surface area contributed by atoms with Gasteiger partial charge in [-0.2, -0.15) is 0 Å². The highest BCUT2D eigenvalue weighted by Gasteiger charge is 2.15. The van der Waals surface area contributed by atoms with Crippen molar-refractivity contribution in [2.45, 2.75) is 38.6 Å². The number of carbonyl (C=O) groups is 1. The standard InChI is InChI=1S/C15H24N2O/c1-5-11(2)13-8-6-12(7-9-13)10-14(16)15(18)17(3)4/h6-9,11,14H,5,10,16H2,1-4H3. The molecule has 2 unspecified atom stereocenters. The number of amides is 1. The fourth-order valence-electron chi connectivity index (χ4n) is 1.89. The van der Waals surface area contributed by atoms with E-state index in [0.29, 0.717) is 12.3 Å². The van der Waals surface area contributed by atoms with Crippen molar-refractivity contribution in [3.63, 3.8) is 0 Å². The molecular formula is C15H24N2O. The summed E-state index contributed by atoms with van der Waals surface area (Å²) >= 11 is 0. The fourth-order valence-corrected chi connectivity index (χ4v) is 1.89. The lowest BCUT2D eigenvalue weighted by Gasteiger charge is -2.17. The maximum atomic E-state index is 11.7. The summed E-state index contributed by atoms with van der Waals surface area (Å²) in [5, 5.41) is 0. The summed E-state index contributed by atoms with van der Waals surface area (Å²) in [5.74, 6) is 0.553. The number of hydrogen-bond donors (Lipinski definition) is 1. The number of nitrogens with zero attached hydrogens (tertiary/aromatic N) is 1. The summed E-state index contributed by atoms with van der Waals surface area (Å²) in [4.78, 5) is 13.2. The molecule has 2 atom stereocenters. The lowest BCUT2D eigenvalue weighted by Crippen LogP contribution is -2.41. The van der Waals surface area contributed by atoms with Crippen molar-refractivity contribution in [2.75, 3.05) is 14.1 Å².